The molecule has 0 aliphatic carbocycles. The number of rotatable bonds is 4. The third-order valence-electron chi connectivity index (χ3n) is 3.96. The van der Waals surface area contributed by atoms with Crippen molar-refractivity contribution in [2.75, 3.05) is 18.4 Å². The van der Waals surface area contributed by atoms with E-state index in [1.165, 1.54) is 0 Å². The Labute approximate surface area is 132 Å². The van der Waals surface area contributed by atoms with Crippen LogP contribution >= 0.6 is 0 Å². The highest BCUT2D eigenvalue weighted by Crippen LogP contribution is 2.21. The lowest BCUT2D eigenvalue weighted by atomic mass is 10.1. The zero-order chi connectivity index (χ0) is 16.1. The molecule has 22 heavy (non-hydrogen) atoms. The molecule has 3 amide bonds. The molecular formula is C17H25N3O2. The number of urea groups is 1. The minimum Gasteiger partial charge on any atom is -0.338 e. The molecule has 1 aliphatic rings. The highest BCUT2D eigenvalue weighted by atomic mass is 16.2. The summed E-state index contributed by atoms with van der Waals surface area (Å²) in [5.74, 6) is 0.707. The largest absolute Gasteiger partial charge is 0.338 e. The van der Waals surface area contributed by atoms with Crippen molar-refractivity contribution in [1.29, 1.82) is 0 Å². The van der Waals surface area contributed by atoms with Gasteiger partial charge < -0.3 is 15.5 Å². The van der Waals surface area contributed by atoms with E-state index >= 15 is 0 Å². The van der Waals surface area contributed by atoms with Gasteiger partial charge in [-0.15, -0.1) is 0 Å². The second kappa shape index (κ2) is 7.29. The van der Waals surface area contributed by atoms with Gasteiger partial charge in [0.15, 0.2) is 0 Å². The van der Waals surface area contributed by atoms with Gasteiger partial charge in [-0.25, -0.2) is 4.79 Å². The number of carbonyl (C=O) groups excluding carboxylic acids is 2. The smallest absolute Gasteiger partial charge is 0.319 e. The van der Waals surface area contributed by atoms with Gasteiger partial charge in [-0.3, -0.25) is 4.79 Å². The molecule has 0 bridgehead atoms. The Bertz CT molecular complexity index is 525. The second-order valence-electron chi connectivity index (χ2n) is 6.14. The van der Waals surface area contributed by atoms with Gasteiger partial charge >= 0.3 is 6.03 Å². The standard InChI is InChI=1S/C17H25N3O2/c1-4-13-9-10-20(11-13)16(21)14-5-7-15(8-6-14)19-17(22)18-12(2)3/h5-8,12-13H,4,9-11H2,1-3H3,(H2,18,19,22)/t13-/m0/s1. The third kappa shape index (κ3) is 4.23. The summed E-state index contributed by atoms with van der Waals surface area (Å²) in [4.78, 5) is 26.0. The molecule has 120 valence electrons. The molecule has 0 radical (unpaired) electrons. The lowest BCUT2D eigenvalue weighted by Crippen LogP contribution is -2.34. The van der Waals surface area contributed by atoms with Crippen molar-refractivity contribution in [3.05, 3.63) is 29.8 Å². The van der Waals surface area contributed by atoms with E-state index in [9.17, 15) is 9.59 Å². The van der Waals surface area contributed by atoms with E-state index < -0.39 is 0 Å². The molecule has 5 nitrogen and oxygen atoms in total. The van der Waals surface area contributed by atoms with Crippen molar-refractivity contribution in [3.63, 3.8) is 0 Å². The summed E-state index contributed by atoms with van der Waals surface area (Å²) in [5, 5.41) is 5.51. The van der Waals surface area contributed by atoms with Crippen molar-refractivity contribution in [3.8, 4) is 0 Å². The van der Waals surface area contributed by atoms with E-state index in [2.05, 4.69) is 17.6 Å². The van der Waals surface area contributed by atoms with Crippen LogP contribution in [0.2, 0.25) is 0 Å². The molecule has 2 rings (SSSR count). The number of nitrogens with one attached hydrogen (secondary N) is 2. The van der Waals surface area contributed by atoms with Crippen molar-refractivity contribution in [2.24, 2.45) is 5.92 Å². The lowest BCUT2D eigenvalue weighted by molar-refractivity contribution is 0.0787. The molecule has 1 saturated heterocycles. The van der Waals surface area contributed by atoms with Gasteiger partial charge in [0, 0.05) is 30.4 Å². The maximum Gasteiger partial charge on any atom is 0.319 e. The Morgan fingerprint density at radius 2 is 1.95 bits per heavy atom. The van der Waals surface area contributed by atoms with Crippen LogP contribution in [-0.2, 0) is 0 Å². The normalized spacial score (nSPS) is 17.6. The summed E-state index contributed by atoms with van der Waals surface area (Å²) in [5.41, 5.74) is 1.36. The number of hydrogen-bond donors (Lipinski definition) is 2. The highest BCUT2D eigenvalue weighted by molar-refractivity contribution is 5.95. The zero-order valence-corrected chi connectivity index (χ0v) is 13.6. The van der Waals surface area contributed by atoms with Crippen molar-refractivity contribution < 1.29 is 9.59 Å². The molecule has 1 atom stereocenters. The molecule has 0 saturated carbocycles. The number of nitrogens with zero attached hydrogens (tertiary/aromatic N) is 1. The quantitative estimate of drug-likeness (QED) is 0.898. The zero-order valence-electron chi connectivity index (χ0n) is 13.6. The van der Waals surface area contributed by atoms with Crippen LogP contribution in [0.1, 0.15) is 44.0 Å². The number of hydrogen-bond acceptors (Lipinski definition) is 2. The van der Waals surface area contributed by atoms with Crippen LogP contribution in [0.25, 0.3) is 0 Å². The number of carbonyl (C=O) groups is 2. The van der Waals surface area contributed by atoms with Crippen LogP contribution in [0, 0.1) is 5.92 Å². The number of benzene rings is 1. The average molecular weight is 303 g/mol. The Morgan fingerprint density at radius 3 is 2.50 bits per heavy atom. The summed E-state index contributed by atoms with van der Waals surface area (Å²) in [6.45, 7) is 7.67. The Balaban J connectivity index is 1.94. The molecule has 1 aromatic rings. The molecule has 5 heteroatoms. The van der Waals surface area contributed by atoms with Crippen molar-refractivity contribution in [1.82, 2.24) is 10.2 Å². The van der Waals surface area contributed by atoms with E-state index in [0.717, 1.165) is 25.9 Å². The Kier molecular flexibility index (Phi) is 5.41. The van der Waals surface area contributed by atoms with E-state index in [1.54, 1.807) is 24.3 Å². The first-order valence-electron chi connectivity index (χ1n) is 7.96. The van der Waals surface area contributed by atoms with Crippen LogP contribution in [-0.4, -0.2) is 36.0 Å². The van der Waals surface area contributed by atoms with Gasteiger partial charge in [0.25, 0.3) is 5.91 Å². The predicted octanol–water partition coefficient (Wildman–Crippen LogP) is 3.09. The average Bonchev–Trinajstić information content (AvgIpc) is 2.95. The summed E-state index contributed by atoms with van der Waals surface area (Å²) >= 11 is 0. The molecular weight excluding hydrogens is 278 g/mol. The molecule has 1 fully saturated rings. The van der Waals surface area contributed by atoms with Crippen LogP contribution in [0.4, 0.5) is 10.5 Å². The molecule has 1 heterocycles. The van der Waals surface area contributed by atoms with Gasteiger partial charge in [0.1, 0.15) is 0 Å². The summed E-state index contributed by atoms with van der Waals surface area (Å²) in [7, 11) is 0. The highest BCUT2D eigenvalue weighted by Gasteiger charge is 2.25. The molecule has 1 aliphatic heterocycles. The fourth-order valence-electron chi connectivity index (χ4n) is 2.66. The van der Waals surface area contributed by atoms with Crippen molar-refractivity contribution in [2.45, 2.75) is 39.7 Å². The maximum atomic E-state index is 12.4. The third-order valence-corrected chi connectivity index (χ3v) is 3.96. The van der Waals surface area contributed by atoms with E-state index in [1.807, 2.05) is 18.7 Å². The van der Waals surface area contributed by atoms with E-state index in [0.29, 0.717) is 17.2 Å². The Hall–Kier alpha value is -2.04. The first-order chi connectivity index (χ1) is 10.5. The molecule has 0 spiro atoms. The van der Waals surface area contributed by atoms with Gasteiger partial charge in [-0.1, -0.05) is 13.3 Å². The minimum atomic E-state index is -0.237. The number of anilines is 1. The molecule has 0 unspecified atom stereocenters. The molecule has 2 N–H and O–H groups in total. The molecule has 1 aromatic carbocycles. The topological polar surface area (TPSA) is 61.4 Å². The number of amides is 3. The first-order valence-corrected chi connectivity index (χ1v) is 7.96. The second-order valence-corrected chi connectivity index (χ2v) is 6.14. The monoisotopic (exact) mass is 303 g/mol. The fourth-order valence-corrected chi connectivity index (χ4v) is 2.66. The van der Waals surface area contributed by atoms with Crippen LogP contribution in [0.3, 0.4) is 0 Å². The fraction of sp³-hybridized carbons (Fsp3) is 0.529. The minimum absolute atomic E-state index is 0.0779. The van der Waals surface area contributed by atoms with Crippen LogP contribution in [0.5, 0.6) is 0 Å². The van der Waals surface area contributed by atoms with Crippen molar-refractivity contribution >= 4 is 17.6 Å². The summed E-state index contributed by atoms with van der Waals surface area (Å²) < 4.78 is 0. The maximum absolute atomic E-state index is 12.4. The lowest BCUT2D eigenvalue weighted by Gasteiger charge is -2.16. The summed E-state index contributed by atoms with van der Waals surface area (Å²) in [6, 6.07) is 6.92. The Morgan fingerprint density at radius 1 is 1.27 bits per heavy atom. The van der Waals surface area contributed by atoms with Crippen LogP contribution in [0.15, 0.2) is 24.3 Å². The van der Waals surface area contributed by atoms with E-state index in [4.69, 9.17) is 0 Å². The van der Waals surface area contributed by atoms with E-state index in [-0.39, 0.29) is 18.0 Å². The number of likely N-dealkylation sites (tertiary alicyclic amines) is 1. The van der Waals surface area contributed by atoms with Gasteiger partial charge in [-0.2, -0.15) is 0 Å². The SMILES string of the molecule is CC[C@H]1CCN(C(=O)c2ccc(NC(=O)NC(C)C)cc2)C1. The molecule has 0 aromatic heterocycles. The predicted molar refractivity (Wildman–Crippen MR) is 88.0 cm³/mol. The summed E-state index contributed by atoms with van der Waals surface area (Å²) in [6.07, 6.45) is 2.22. The van der Waals surface area contributed by atoms with Gasteiger partial charge in [0.2, 0.25) is 0 Å². The van der Waals surface area contributed by atoms with Gasteiger partial charge in [0.05, 0.1) is 0 Å². The van der Waals surface area contributed by atoms with Crippen LogP contribution < -0.4 is 10.6 Å². The van der Waals surface area contributed by atoms with Gasteiger partial charge in [-0.05, 0) is 50.5 Å². The first kappa shape index (κ1) is 16.3.